The van der Waals surface area contributed by atoms with E-state index in [0.29, 0.717) is 6.07 Å². The van der Waals surface area contributed by atoms with Crippen molar-refractivity contribution in [2.75, 3.05) is 7.11 Å². The fourth-order valence-electron chi connectivity index (χ4n) is 1.90. The van der Waals surface area contributed by atoms with E-state index in [9.17, 15) is 22.0 Å². The first kappa shape index (κ1) is 16.1. The van der Waals surface area contributed by atoms with E-state index < -0.39 is 27.8 Å². The molecule has 0 bridgehead atoms. The van der Waals surface area contributed by atoms with E-state index in [1.807, 2.05) is 0 Å². The van der Waals surface area contributed by atoms with Crippen molar-refractivity contribution in [2.24, 2.45) is 4.40 Å². The van der Waals surface area contributed by atoms with Crippen LogP contribution in [0.2, 0.25) is 0 Å². The molecule has 118 valence electrons. The summed E-state index contributed by atoms with van der Waals surface area (Å²) < 4.78 is 59.0. The lowest BCUT2D eigenvalue weighted by atomic mass is 10.2. The number of hydrogen-bond acceptors (Lipinski definition) is 4. The molecule has 1 heterocycles. The molecule has 0 aliphatic carbocycles. The summed E-state index contributed by atoms with van der Waals surface area (Å²) in [6, 6.07) is 2.66. The van der Waals surface area contributed by atoms with Gasteiger partial charge in [-0.05, 0) is 24.6 Å². The van der Waals surface area contributed by atoms with Crippen molar-refractivity contribution in [3.63, 3.8) is 0 Å². The highest BCUT2D eigenvalue weighted by Crippen LogP contribution is 2.21. The Morgan fingerprint density at radius 1 is 1.27 bits per heavy atom. The van der Waals surface area contributed by atoms with Gasteiger partial charge in [-0.1, -0.05) is 0 Å². The molecule has 22 heavy (non-hydrogen) atoms. The smallest absolute Gasteiger partial charge is 0.344 e. The predicted octanol–water partition coefficient (Wildman–Crippen LogP) is 1.54. The molecular formula is C13H12F2N2O4S. The van der Waals surface area contributed by atoms with E-state index >= 15 is 0 Å². The lowest BCUT2D eigenvalue weighted by Crippen LogP contribution is -2.31. The highest BCUT2D eigenvalue weighted by Gasteiger charge is 2.28. The van der Waals surface area contributed by atoms with Crippen LogP contribution in [0.25, 0.3) is 0 Å². The molecule has 1 aliphatic heterocycles. The van der Waals surface area contributed by atoms with Crippen LogP contribution in [0.1, 0.15) is 12.5 Å². The van der Waals surface area contributed by atoms with Crippen LogP contribution in [0.4, 0.5) is 8.78 Å². The van der Waals surface area contributed by atoms with Gasteiger partial charge in [0, 0.05) is 12.3 Å². The summed E-state index contributed by atoms with van der Waals surface area (Å²) in [5.41, 5.74) is 0.0130. The van der Waals surface area contributed by atoms with Gasteiger partial charge in [-0.15, -0.1) is 4.40 Å². The van der Waals surface area contributed by atoms with Gasteiger partial charge in [-0.2, -0.15) is 8.42 Å². The maximum Gasteiger partial charge on any atom is 0.344 e. The average molecular weight is 330 g/mol. The minimum Gasteiger partial charge on any atom is -0.465 e. The molecule has 0 aromatic heterocycles. The Balaban J connectivity index is 2.40. The molecule has 0 atom stereocenters. The fourth-order valence-corrected chi connectivity index (χ4v) is 3.00. The summed E-state index contributed by atoms with van der Waals surface area (Å²) in [5, 5.41) is 0. The maximum absolute atomic E-state index is 13.2. The number of methoxy groups -OCH3 is 1. The van der Waals surface area contributed by atoms with Crippen LogP contribution in [0.5, 0.6) is 0 Å². The second kappa shape index (κ2) is 5.84. The molecule has 0 saturated heterocycles. The molecule has 1 aromatic carbocycles. The normalized spacial score (nSPS) is 16.8. The monoisotopic (exact) mass is 330 g/mol. The van der Waals surface area contributed by atoms with Crippen LogP contribution in [-0.2, 0) is 26.3 Å². The minimum atomic E-state index is -4.08. The summed E-state index contributed by atoms with van der Waals surface area (Å²) in [5.74, 6) is -2.42. The van der Waals surface area contributed by atoms with Crippen molar-refractivity contribution in [1.29, 1.82) is 0 Å². The summed E-state index contributed by atoms with van der Waals surface area (Å²) in [4.78, 5) is 11.6. The Hall–Kier alpha value is -2.29. The van der Waals surface area contributed by atoms with Crippen molar-refractivity contribution in [3.05, 3.63) is 47.2 Å². The minimum absolute atomic E-state index is 0.0199. The molecular weight excluding hydrogens is 318 g/mol. The van der Waals surface area contributed by atoms with Gasteiger partial charge in [0.1, 0.15) is 11.6 Å². The molecule has 1 aromatic rings. The molecule has 0 radical (unpaired) electrons. The first-order valence-electron chi connectivity index (χ1n) is 6.07. The first-order chi connectivity index (χ1) is 10.2. The van der Waals surface area contributed by atoms with Gasteiger partial charge in [0.2, 0.25) is 0 Å². The zero-order valence-corrected chi connectivity index (χ0v) is 12.5. The van der Waals surface area contributed by atoms with Gasteiger partial charge in [0.25, 0.3) is 0 Å². The molecule has 0 unspecified atom stereocenters. The van der Waals surface area contributed by atoms with Crippen LogP contribution in [-0.4, -0.2) is 31.5 Å². The molecule has 9 heteroatoms. The molecule has 2 rings (SSSR count). The van der Waals surface area contributed by atoms with Crippen molar-refractivity contribution >= 4 is 21.9 Å². The Labute approximate surface area is 125 Å². The highest BCUT2D eigenvalue weighted by molar-refractivity contribution is 7.88. The van der Waals surface area contributed by atoms with E-state index in [1.54, 1.807) is 0 Å². The third kappa shape index (κ3) is 3.30. The molecule has 0 N–H and O–H groups in total. The van der Waals surface area contributed by atoms with E-state index in [0.717, 1.165) is 29.7 Å². The number of halogens is 2. The Bertz CT molecular complexity index is 767. The van der Waals surface area contributed by atoms with Crippen LogP contribution >= 0.6 is 0 Å². The lowest BCUT2D eigenvalue weighted by Gasteiger charge is -2.23. The number of esters is 1. The van der Waals surface area contributed by atoms with E-state index in [-0.39, 0.29) is 23.4 Å². The SMILES string of the molecule is COC(=O)C1=CN(Cc2cc(F)cc(F)c2)S(=O)(=O)N=C1C. The Morgan fingerprint density at radius 3 is 2.41 bits per heavy atom. The second-order valence-electron chi connectivity index (χ2n) is 4.51. The zero-order chi connectivity index (χ0) is 16.5. The van der Waals surface area contributed by atoms with Crippen molar-refractivity contribution in [2.45, 2.75) is 13.5 Å². The van der Waals surface area contributed by atoms with Crippen LogP contribution < -0.4 is 0 Å². The lowest BCUT2D eigenvalue weighted by molar-refractivity contribution is -0.135. The number of nitrogens with zero attached hydrogens (tertiary/aromatic N) is 2. The van der Waals surface area contributed by atoms with E-state index in [2.05, 4.69) is 9.13 Å². The first-order valence-corrected chi connectivity index (χ1v) is 7.46. The predicted molar refractivity (Wildman–Crippen MR) is 74.0 cm³/mol. The number of rotatable bonds is 3. The summed E-state index contributed by atoms with van der Waals surface area (Å²) in [7, 11) is -2.93. The number of carbonyl (C=O) groups excluding carboxylic acids is 1. The number of ether oxygens (including phenoxy) is 1. The highest BCUT2D eigenvalue weighted by atomic mass is 32.2. The number of benzene rings is 1. The van der Waals surface area contributed by atoms with Crippen molar-refractivity contribution in [1.82, 2.24) is 4.31 Å². The third-order valence-electron chi connectivity index (χ3n) is 2.88. The van der Waals surface area contributed by atoms with Gasteiger partial charge in [0.15, 0.2) is 0 Å². The van der Waals surface area contributed by atoms with Crippen molar-refractivity contribution in [3.8, 4) is 0 Å². The topological polar surface area (TPSA) is 76.0 Å². The molecule has 1 aliphatic rings. The fraction of sp³-hybridized carbons (Fsp3) is 0.231. The molecule has 0 fully saturated rings. The van der Waals surface area contributed by atoms with Crippen LogP contribution in [0.3, 0.4) is 0 Å². The maximum atomic E-state index is 13.2. The Kier molecular flexibility index (Phi) is 4.27. The summed E-state index contributed by atoms with van der Waals surface area (Å²) >= 11 is 0. The van der Waals surface area contributed by atoms with Gasteiger partial charge in [-0.3, -0.25) is 4.31 Å². The van der Waals surface area contributed by atoms with Crippen LogP contribution in [0.15, 0.2) is 34.4 Å². The van der Waals surface area contributed by atoms with Gasteiger partial charge < -0.3 is 4.74 Å². The summed E-state index contributed by atoms with van der Waals surface area (Å²) in [6.07, 6.45) is 1.03. The average Bonchev–Trinajstić information content (AvgIpc) is 2.39. The standard InChI is InChI=1S/C13H12F2N2O4S/c1-8-12(13(18)21-2)7-17(22(19,20)16-8)6-9-3-10(14)5-11(15)4-9/h3-5,7H,6H2,1-2H3. The van der Waals surface area contributed by atoms with Gasteiger partial charge in [0.05, 0.1) is 24.9 Å². The molecule has 0 amide bonds. The third-order valence-corrected chi connectivity index (χ3v) is 4.21. The largest absolute Gasteiger partial charge is 0.465 e. The zero-order valence-electron chi connectivity index (χ0n) is 11.7. The molecule has 0 spiro atoms. The van der Waals surface area contributed by atoms with Gasteiger partial charge in [-0.25, -0.2) is 13.6 Å². The van der Waals surface area contributed by atoms with E-state index in [4.69, 9.17) is 0 Å². The van der Waals surface area contributed by atoms with E-state index in [1.165, 1.54) is 6.92 Å². The van der Waals surface area contributed by atoms with Gasteiger partial charge >= 0.3 is 16.2 Å². The quantitative estimate of drug-likeness (QED) is 0.788. The summed E-state index contributed by atoms with van der Waals surface area (Å²) in [6.45, 7) is 0.980. The Morgan fingerprint density at radius 2 is 1.86 bits per heavy atom. The number of carbonyl (C=O) groups is 1. The molecule has 6 nitrogen and oxygen atoms in total. The second-order valence-corrected chi connectivity index (χ2v) is 6.06. The van der Waals surface area contributed by atoms with Crippen LogP contribution in [0, 0.1) is 11.6 Å². The number of hydrogen-bond donors (Lipinski definition) is 0. The van der Waals surface area contributed by atoms with Crippen molar-refractivity contribution < 1.29 is 26.7 Å². The molecule has 0 saturated carbocycles.